The first-order chi connectivity index (χ1) is 11.5. The van der Waals surface area contributed by atoms with E-state index < -0.39 is 6.10 Å². The Balaban J connectivity index is 2.01. The molecule has 1 N–H and O–H groups in total. The van der Waals surface area contributed by atoms with Crippen LogP contribution in [0.25, 0.3) is 0 Å². The van der Waals surface area contributed by atoms with Crippen LogP contribution >= 0.6 is 23.2 Å². The first kappa shape index (κ1) is 18.4. The van der Waals surface area contributed by atoms with E-state index in [1.54, 1.807) is 37.4 Å². The number of methoxy groups -OCH3 is 1. The van der Waals surface area contributed by atoms with Gasteiger partial charge >= 0.3 is 0 Å². The van der Waals surface area contributed by atoms with Gasteiger partial charge in [-0.1, -0.05) is 48.3 Å². The van der Waals surface area contributed by atoms with Crippen LogP contribution in [-0.4, -0.2) is 19.1 Å². The summed E-state index contributed by atoms with van der Waals surface area (Å²) in [6, 6.07) is 12.4. The van der Waals surface area contributed by atoms with E-state index >= 15 is 0 Å². The molecule has 2 rings (SSSR count). The van der Waals surface area contributed by atoms with Gasteiger partial charge in [0.05, 0.1) is 7.11 Å². The van der Waals surface area contributed by atoms with Crippen molar-refractivity contribution in [3.8, 4) is 11.5 Å². The third kappa shape index (κ3) is 4.79. The van der Waals surface area contributed by atoms with Crippen LogP contribution in [0.4, 0.5) is 0 Å². The maximum atomic E-state index is 12.4. The zero-order valence-corrected chi connectivity index (χ0v) is 15.0. The Kier molecular flexibility index (Phi) is 6.76. The lowest BCUT2D eigenvalue weighted by Crippen LogP contribution is -2.37. The van der Waals surface area contributed by atoms with Crippen molar-refractivity contribution in [2.24, 2.45) is 0 Å². The first-order valence-electron chi connectivity index (χ1n) is 7.56. The number of halogens is 2. The first-order valence-corrected chi connectivity index (χ1v) is 8.32. The molecule has 0 aliphatic carbocycles. The van der Waals surface area contributed by atoms with E-state index in [1.165, 1.54) is 0 Å². The lowest BCUT2D eigenvalue weighted by Gasteiger charge is -2.19. The van der Waals surface area contributed by atoms with Crippen molar-refractivity contribution in [3.63, 3.8) is 0 Å². The topological polar surface area (TPSA) is 47.6 Å². The Hall–Kier alpha value is -1.91. The van der Waals surface area contributed by atoms with Crippen molar-refractivity contribution in [1.82, 2.24) is 5.32 Å². The SMILES string of the molecule is CC[C@H](Oc1ccccc1OC)C(=O)NCc1ccc(Cl)cc1Cl. The smallest absolute Gasteiger partial charge is 0.261 e. The molecule has 4 nitrogen and oxygen atoms in total. The fourth-order valence-corrected chi connectivity index (χ4v) is 2.63. The number of amides is 1. The van der Waals surface area contributed by atoms with E-state index in [0.29, 0.717) is 34.5 Å². The summed E-state index contributed by atoms with van der Waals surface area (Å²) in [5, 5.41) is 3.91. The molecule has 0 bridgehead atoms. The molecule has 2 aromatic carbocycles. The molecule has 128 valence electrons. The molecule has 1 atom stereocenters. The number of carbonyl (C=O) groups is 1. The number of ether oxygens (including phenoxy) is 2. The second-order valence-electron chi connectivity index (χ2n) is 5.12. The molecular formula is C18H19Cl2NO3. The molecule has 6 heteroatoms. The van der Waals surface area contributed by atoms with E-state index in [9.17, 15) is 4.79 Å². The Labute approximate surface area is 151 Å². The molecule has 0 heterocycles. The van der Waals surface area contributed by atoms with Crippen LogP contribution < -0.4 is 14.8 Å². The largest absolute Gasteiger partial charge is 0.493 e. The van der Waals surface area contributed by atoms with Crippen LogP contribution in [-0.2, 0) is 11.3 Å². The average Bonchev–Trinajstić information content (AvgIpc) is 2.59. The zero-order valence-electron chi connectivity index (χ0n) is 13.5. The minimum atomic E-state index is -0.618. The molecule has 0 radical (unpaired) electrons. The van der Waals surface area contributed by atoms with E-state index in [1.807, 2.05) is 19.1 Å². The Morgan fingerprint density at radius 2 is 1.88 bits per heavy atom. The highest BCUT2D eigenvalue weighted by Crippen LogP contribution is 2.27. The summed E-state index contributed by atoms with van der Waals surface area (Å²) in [4.78, 5) is 12.4. The van der Waals surface area contributed by atoms with Gasteiger partial charge in [-0.25, -0.2) is 0 Å². The van der Waals surface area contributed by atoms with Crippen molar-refractivity contribution < 1.29 is 14.3 Å². The van der Waals surface area contributed by atoms with Crippen LogP contribution in [0.2, 0.25) is 10.0 Å². The molecule has 0 saturated carbocycles. The highest BCUT2D eigenvalue weighted by Gasteiger charge is 2.20. The second kappa shape index (κ2) is 8.81. The molecule has 0 spiro atoms. The van der Waals surface area contributed by atoms with Crippen molar-refractivity contribution >= 4 is 29.1 Å². The van der Waals surface area contributed by atoms with Crippen LogP contribution in [0.1, 0.15) is 18.9 Å². The van der Waals surface area contributed by atoms with Gasteiger partial charge in [0, 0.05) is 16.6 Å². The average molecular weight is 368 g/mol. The highest BCUT2D eigenvalue weighted by molar-refractivity contribution is 6.35. The lowest BCUT2D eigenvalue weighted by molar-refractivity contribution is -0.128. The number of hydrogen-bond acceptors (Lipinski definition) is 3. The van der Waals surface area contributed by atoms with Crippen molar-refractivity contribution in [2.75, 3.05) is 7.11 Å². The molecule has 0 aromatic heterocycles. The van der Waals surface area contributed by atoms with E-state index in [0.717, 1.165) is 5.56 Å². The van der Waals surface area contributed by atoms with Crippen LogP contribution in [0, 0.1) is 0 Å². The predicted molar refractivity (Wildman–Crippen MR) is 96.0 cm³/mol. The summed E-state index contributed by atoms with van der Waals surface area (Å²) in [6.45, 7) is 2.19. The normalized spacial score (nSPS) is 11.7. The van der Waals surface area contributed by atoms with E-state index in [2.05, 4.69) is 5.32 Å². The van der Waals surface area contributed by atoms with Crippen LogP contribution in [0.5, 0.6) is 11.5 Å². The van der Waals surface area contributed by atoms with Gasteiger partial charge in [-0.05, 0) is 36.2 Å². The molecule has 0 fully saturated rings. The fraction of sp³-hybridized carbons (Fsp3) is 0.278. The van der Waals surface area contributed by atoms with Gasteiger partial charge < -0.3 is 14.8 Å². The third-order valence-electron chi connectivity index (χ3n) is 3.47. The van der Waals surface area contributed by atoms with Crippen LogP contribution in [0.3, 0.4) is 0 Å². The second-order valence-corrected chi connectivity index (χ2v) is 5.96. The molecule has 2 aromatic rings. The third-order valence-corrected chi connectivity index (χ3v) is 4.06. The molecular weight excluding hydrogens is 349 g/mol. The quantitative estimate of drug-likeness (QED) is 0.784. The summed E-state index contributed by atoms with van der Waals surface area (Å²) < 4.78 is 11.0. The van der Waals surface area contributed by atoms with Gasteiger partial charge in [-0.15, -0.1) is 0 Å². The van der Waals surface area contributed by atoms with Gasteiger partial charge in [0.25, 0.3) is 5.91 Å². The number of para-hydroxylation sites is 2. The molecule has 1 amide bonds. The number of hydrogen-bond donors (Lipinski definition) is 1. The number of carbonyl (C=O) groups excluding carboxylic acids is 1. The highest BCUT2D eigenvalue weighted by atomic mass is 35.5. The number of nitrogens with one attached hydrogen (secondary N) is 1. The van der Waals surface area contributed by atoms with Crippen molar-refractivity contribution in [2.45, 2.75) is 26.0 Å². The van der Waals surface area contributed by atoms with Gasteiger partial charge in [0.15, 0.2) is 17.6 Å². The minimum absolute atomic E-state index is 0.213. The standard InChI is InChI=1S/C18H19Cl2NO3/c1-3-15(24-17-7-5-4-6-16(17)23-2)18(22)21-11-12-8-9-13(19)10-14(12)20/h4-10,15H,3,11H2,1-2H3,(H,21,22)/t15-/m0/s1. The maximum absolute atomic E-state index is 12.4. The molecule has 0 aliphatic heterocycles. The Morgan fingerprint density at radius 3 is 2.50 bits per heavy atom. The van der Waals surface area contributed by atoms with Gasteiger partial charge in [0.1, 0.15) is 0 Å². The zero-order chi connectivity index (χ0) is 17.5. The summed E-state index contributed by atoms with van der Waals surface area (Å²) in [5.74, 6) is 0.908. The minimum Gasteiger partial charge on any atom is -0.493 e. The molecule has 0 saturated heterocycles. The molecule has 0 aliphatic rings. The van der Waals surface area contributed by atoms with Crippen molar-refractivity contribution in [1.29, 1.82) is 0 Å². The lowest BCUT2D eigenvalue weighted by atomic mass is 10.2. The van der Waals surface area contributed by atoms with Gasteiger partial charge in [-0.3, -0.25) is 4.79 Å². The summed E-state index contributed by atoms with van der Waals surface area (Å²) in [5.41, 5.74) is 0.793. The van der Waals surface area contributed by atoms with Crippen molar-refractivity contribution in [3.05, 3.63) is 58.1 Å². The maximum Gasteiger partial charge on any atom is 0.261 e. The summed E-state index contributed by atoms with van der Waals surface area (Å²) in [6.07, 6.45) is -0.0921. The Bertz CT molecular complexity index is 706. The van der Waals surface area contributed by atoms with Gasteiger partial charge in [-0.2, -0.15) is 0 Å². The fourth-order valence-electron chi connectivity index (χ4n) is 2.15. The van der Waals surface area contributed by atoms with E-state index in [4.69, 9.17) is 32.7 Å². The molecule has 0 unspecified atom stereocenters. The molecule has 24 heavy (non-hydrogen) atoms. The monoisotopic (exact) mass is 367 g/mol. The number of rotatable bonds is 7. The van der Waals surface area contributed by atoms with E-state index in [-0.39, 0.29) is 5.91 Å². The summed E-state index contributed by atoms with van der Waals surface area (Å²) >= 11 is 12.0. The number of benzene rings is 2. The Morgan fingerprint density at radius 1 is 1.17 bits per heavy atom. The van der Waals surface area contributed by atoms with Gasteiger partial charge in [0.2, 0.25) is 0 Å². The summed E-state index contributed by atoms with van der Waals surface area (Å²) in [7, 11) is 1.56. The van der Waals surface area contributed by atoms with Crippen LogP contribution in [0.15, 0.2) is 42.5 Å². The predicted octanol–water partition coefficient (Wildman–Crippen LogP) is 4.48.